The molecule has 1 aromatic carbocycles. The van der Waals surface area contributed by atoms with Crippen LogP contribution in [0.25, 0.3) is 11.4 Å². The van der Waals surface area contributed by atoms with Crippen LogP contribution in [0.1, 0.15) is 41.4 Å². The van der Waals surface area contributed by atoms with E-state index in [1.165, 1.54) is 0 Å². The molecule has 0 aliphatic carbocycles. The topological polar surface area (TPSA) is 74.8 Å². The highest BCUT2D eigenvalue weighted by atomic mass is 16.2. The summed E-state index contributed by atoms with van der Waals surface area (Å²) in [7, 11) is 1.77. The molecule has 0 saturated heterocycles. The van der Waals surface area contributed by atoms with Gasteiger partial charge in [-0.3, -0.25) is 9.89 Å². The molecule has 3 rings (SSSR count). The van der Waals surface area contributed by atoms with Crippen LogP contribution in [0.4, 0.5) is 0 Å². The molecule has 0 bridgehead atoms. The first-order valence-corrected chi connectivity index (χ1v) is 8.20. The Balaban J connectivity index is 1.79. The van der Waals surface area contributed by atoms with Crippen molar-refractivity contribution in [3.8, 4) is 11.4 Å². The highest BCUT2D eigenvalue weighted by molar-refractivity contribution is 5.95. The van der Waals surface area contributed by atoms with Crippen LogP contribution in [0.15, 0.2) is 48.9 Å². The zero-order valence-corrected chi connectivity index (χ0v) is 14.6. The van der Waals surface area contributed by atoms with Gasteiger partial charge in [0.05, 0.1) is 12.2 Å². The van der Waals surface area contributed by atoms with Gasteiger partial charge in [-0.1, -0.05) is 26.0 Å². The SMILES string of the molecule is CC(C)c1cnc(-c2cccc(C(=O)N(C)Cc3ccn[nH]3)c2)nc1. The summed E-state index contributed by atoms with van der Waals surface area (Å²) in [4.78, 5) is 23.2. The lowest BCUT2D eigenvalue weighted by Gasteiger charge is -2.16. The predicted octanol–water partition coefficient (Wildman–Crippen LogP) is 3.26. The number of hydrogen-bond acceptors (Lipinski definition) is 4. The molecule has 6 nitrogen and oxygen atoms in total. The third-order valence-electron chi connectivity index (χ3n) is 4.02. The Morgan fingerprint density at radius 3 is 2.60 bits per heavy atom. The van der Waals surface area contributed by atoms with E-state index in [1.807, 2.05) is 36.7 Å². The number of nitrogens with one attached hydrogen (secondary N) is 1. The second-order valence-corrected chi connectivity index (χ2v) is 6.32. The summed E-state index contributed by atoms with van der Waals surface area (Å²) in [6, 6.07) is 9.25. The summed E-state index contributed by atoms with van der Waals surface area (Å²) in [5.74, 6) is 0.948. The smallest absolute Gasteiger partial charge is 0.253 e. The molecule has 0 unspecified atom stereocenters. The van der Waals surface area contributed by atoms with E-state index >= 15 is 0 Å². The van der Waals surface area contributed by atoms with Crippen molar-refractivity contribution in [3.63, 3.8) is 0 Å². The number of benzene rings is 1. The van der Waals surface area contributed by atoms with E-state index in [2.05, 4.69) is 34.0 Å². The predicted molar refractivity (Wildman–Crippen MR) is 95.9 cm³/mol. The molecule has 1 amide bonds. The fourth-order valence-corrected chi connectivity index (χ4v) is 2.50. The summed E-state index contributed by atoms with van der Waals surface area (Å²) >= 11 is 0. The van der Waals surface area contributed by atoms with Gasteiger partial charge >= 0.3 is 0 Å². The molecule has 2 aromatic heterocycles. The molecule has 2 heterocycles. The van der Waals surface area contributed by atoms with Gasteiger partial charge in [-0.2, -0.15) is 5.10 Å². The first-order chi connectivity index (χ1) is 12.0. The molecule has 128 valence electrons. The second-order valence-electron chi connectivity index (χ2n) is 6.32. The van der Waals surface area contributed by atoms with Crippen molar-refractivity contribution in [3.05, 3.63) is 65.7 Å². The normalized spacial score (nSPS) is 10.9. The molecule has 0 atom stereocenters. The molecule has 0 saturated carbocycles. The van der Waals surface area contributed by atoms with Crippen LogP contribution in [0.2, 0.25) is 0 Å². The number of carbonyl (C=O) groups is 1. The van der Waals surface area contributed by atoms with Crippen LogP contribution in [-0.4, -0.2) is 38.0 Å². The Morgan fingerprint density at radius 2 is 1.96 bits per heavy atom. The van der Waals surface area contributed by atoms with Gasteiger partial charge in [0.15, 0.2) is 5.82 Å². The van der Waals surface area contributed by atoms with Crippen molar-refractivity contribution in [1.82, 2.24) is 25.1 Å². The van der Waals surface area contributed by atoms with Gasteiger partial charge in [0, 0.05) is 36.8 Å². The Morgan fingerprint density at radius 1 is 1.20 bits per heavy atom. The van der Waals surface area contributed by atoms with Crippen LogP contribution >= 0.6 is 0 Å². The number of amides is 1. The molecule has 0 aliphatic rings. The van der Waals surface area contributed by atoms with Crippen LogP contribution < -0.4 is 0 Å². The summed E-state index contributed by atoms with van der Waals surface area (Å²) in [5, 5.41) is 6.76. The lowest BCUT2D eigenvalue weighted by atomic mass is 10.1. The van der Waals surface area contributed by atoms with Crippen LogP contribution in [0.5, 0.6) is 0 Å². The summed E-state index contributed by atoms with van der Waals surface area (Å²) in [5.41, 5.74) is 3.42. The first kappa shape index (κ1) is 16.8. The number of nitrogens with zero attached hydrogens (tertiary/aromatic N) is 4. The van der Waals surface area contributed by atoms with Crippen molar-refractivity contribution < 1.29 is 4.79 Å². The van der Waals surface area contributed by atoms with Crippen molar-refractivity contribution in [2.75, 3.05) is 7.05 Å². The maximum Gasteiger partial charge on any atom is 0.253 e. The minimum Gasteiger partial charge on any atom is -0.336 e. The first-order valence-electron chi connectivity index (χ1n) is 8.20. The standard InChI is InChI=1S/C19H21N5O/c1-13(2)16-10-20-18(21-11-16)14-5-4-6-15(9-14)19(25)24(3)12-17-7-8-22-23-17/h4-11,13H,12H2,1-3H3,(H,22,23). The van der Waals surface area contributed by atoms with Crippen LogP contribution in [-0.2, 0) is 6.54 Å². The molecule has 3 aromatic rings. The number of rotatable bonds is 5. The van der Waals surface area contributed by atoms with E-state index in [0.717, 1.165) is 16.8 Å². The van der Waals surface area contributed by atoms with Crippen molar-refractivity contribution >= 4 is 5.91 Å². The maximum atomic E-state index is 12.6. The highest BCUT2D eigenvalue weighted by Crippen LogP contribution is 2.19. The number of H-pyrrole nitrogens is 1. The third kappa shape index (κ3) is 3.91. The van der Waals surface area contributed by atoms with Gasteiger partial charge in [-0.25, -0.2) is 9.97 Å². The number of carbonyl (C=O) groups excluding carboxylic acids is 1. The fourth-order valence-electron chi connectivity index (χ4n) is 2.50. The van der Waals surface area contributed by atoms with E-state index in [1.54, 1.807) is 24.2 Å². The van der Waals surface area contributed by atoms with E-state index < -0.39 is 0 Å². The summed E-state index contributed by atoms with van der Waals surface area (Å²) < 4.78 is 0. The van der Waals surface area contributed by atoms with Crippen molar-refractivity contribution in [1.29, 1.82) is 0 Å². The summed E-state index contributed by atoms with van der Waals surface area (Å²) in [6.07, 6.45) is 5.35. The minimum absolute atomic E-state index is 0.0600. The van der Waals surface area contributed by atoms with Gasteiger partial charge < -0.3 is 4.90 Å². The largest absolute Gasteiger partial charge is 0.336 e. The monoisotopic (exact) mass is 335 g/mol. The van der Waals surface area contributed by atoms with Gasteiger partial charge in [0.25, 0.3) is 5.91 Å². The quantitative estimate of drug-likeness (QED) is 0.776. The van der Waals surface area contributed by atoms with E-state index in [4.69, 9.17) is 0 Å². The Kier molecular flexibility index (Phi) is 4.88. The molecule has 0 fully saturated rings. The van der Waals surface area contributed by atoms with Crippen LogP contribution in [0.3, 0.4) is 0 Å². The zero-order valence-electron chi connectivity index (χ0n) is 14.6. The third-order valence-corrected chi connectivity index (χ3v) is 4.02. The fraction of sp³-hybridized carbons (Fsp3) is 0.263. The average molecular weight is 335 g/mol. The van der Waals surface area contributed by atoms with Gasteiger partial charge in [0.1, 0.15) is 0 Å². The molecule has 0 radical (unpaired) electrons. The lowest BCUT2D eigenvalue weighted by molar-refractivity contribution is 0.0783. The molecular formula is C19H21N5O. The van der Waals surface area contributed by atoms with Gasteiger partial charge in [-0.15, -0.1) is 0 Å². The zero-order chi connectivity index (χ0) is 17.8. The minimum atomic E-state index is -0.0600. The molecular weight excluding hydrogens is 314 g/mol. The second kappa shape index (κ2) is 7.25. The van der Waals surface area contributed by atoms with E-state index in [9.17, 15) is 4.79 Å². The van der Waals surface area contributed by atoms with Crippen molar-refractivity contribution in [2.24, 2.45) is 0 Å². The van der Waals surface area contributed by atoms with Gasteiger partial charge in [0.2, 0.25) is 0 Å². The Labute approximate surface area is 146 Å². The molecule has 0 aliphatic heterocycles. The average Bonchev–Trinajstić information content (AvgIpc) is 3.14. The maximum absolute atomic E-state index is 12.6. The number of hydrogen-bond donors (Lipinski definition) is 1. The van der Waals surface area contributed by atoms with Crippen molar-refractivity contribution in [2.45, 2.75) is 26.3 Å². The molecule has 1 N–H and O–H groups in total. The lowest BCUT2D eigenvalue weighted by Crippen LogP contribution is -2.26. The Hall–Kier alpha value is -3.02. The van der Waals surface area contributed by atoms with Gasteiger partial charge in [-0.05, 0) is 29.7 Å². The summed E-state index contributed by atoms with van der Waals surface area (Å²) in [6.45, 7) is 4.68. The molecule has 25 heavy (non-hydrogen) atoms. The highest BCUT2D eigenvalue weighted by Gasteiger charge is 2.14. The van der Waals surface area contributed by atoms with E-state index in [-0.39, 0.29) is 5.91 Å². The van der Waals surface area contributed by atoms with E-state index in [0.29, 0.717) is 23.9 Å². The molecule has 0 spiro atoms. The molecule has 6 heteroatoms. The number of aromatic amines is 1. The number of aromatic nitrogens is 4. The van der Waals surface area contributed by atoms with Crippen LogP contribution in [0, 0.1) is 0 Å². The Bertz CT molecular complexity index is 841.